The van der Waals surface area contributed by atoms with Crippen molar-refractivity contribution in [2.75, 3.05) is 45.0 Å². The number of hydrogen-bond donors (Lipinski definition) is 1. The van der Waals surface area contributed by atoms with E-state index in [0.29, 0.717) is 44.2 Å². The second kappa shape index (κ2) is 9.48. The van der Waals surface area contributed by atoms with Crippen molar-refractivity contribution < 1.29 is 13.2 Å². The van der Waals surface area contributed by atoms with Crippen LogP contribution in [0.5, 0.6) is 0 Å². The van der Waals surface area contributed by atoms with Crippen LogP contribution in [0.25, 0.3) is 0 Å². The van der Waals surface area contributed by atoms with E-state index in [1.54, 1.807) is 11.0 Å². The molecule has 1 amide bonds. The summed E-state index contributed by atoms with van der Waals surface area (Å²) in [7, 11) is -3.34. The molecule has 2 rings (SSSR count). The van der Waals surface area contributed by atoms with E-state index in [1.807, 2.05) is 25.1 Å². The zero-order valence-corrected chi connectivity index (χ0v) is 16.9. The van der Waals surface area contributed by atoms with Crippen LogP contribution in [-0.4, -0.2) is 68.6 Å². The number of aryl methyl sites for hydroxylation is 1. The topological polar surface area (TPSA) is 69.7 Å². The summed E-state index contributed by atoms with van der Waals surface area (Å²) in [6.07, 6.45) is 0.852. The molecule has 1 heterocycles. The Morgan fingerprint density at radius 3 is 2.54 bits per heavy atom. The van der Waals surface area contributed by atoms with Crippen LogP contribution >= 0.6 is 0 Å². The van der Waals surface area contributed by atoms with Gasteiger partial charge in [0.1, 0.15) is 0 Å². The van der Waals surface area contributed by atoms with Gasteiger partial charge in [0.2, 0.25) is 10.0 Å². The summed E-state index contributed by atoms with van der Waals surface area (Å²) in [5, 5.41) is 3.16. The minimum atomic E-state index is -3.34. The first kappa shape index (κ1) is 20.9. The molecule has 0 atom stereocenters. The Bertz CT molecular complexity index is 698. The fourth-order valence-electron chi connectivity index (χ4n) is 2.97. The van der Waals surface area contributed by atoms with Gasteiger partial charge in [0.05, 0.1) is 5.75 Å². The van der Waals surface area contributed by atoms with Gasteiger partial charge in [-0.25, -0.2) is 8.42 Å². The van der Waals surface area contributed by atoms with Crippen LogP contribution in [0.2, 0.25) is 0 Å². The Morgan fingerprint density at radius 2 is 1.92 bits per heavy atom. The van der Waals surface area contributed by atoms with Crippen LogP contribution in [0.15, 0.2) is 24.3 Å². The summed E-state index contributed by atoms with van der Waals surface area (Å²) in [4.78, 5) is 14.6. The highest BCUT2D eigenvalue weighted by Crippen LogP contribution is 2.12. The number of nitrogens with zero attached hydrogens (tertiary/aromatic N) is 2. The van der Waals surface area contributed by atoms with Crippen molar-refractivity contribution in [2.45, 2.75) is 27.2 Å². The smallest absolute Gasteiger partial charge is 0.253 e. The van der Waals surface area contributed by atoms with Gasteiger partial charge in [0, 0.05) is 44.8 Å². The molecule has 1 aliphatic heterocycles. The third kappa shape index (κ3) is 6.07. The molecular formula is C19H31N3O3S. The number of carbonyl (C=O) groups excluding carboxylic acids is 1. The van der Waals surface area contributed by atoms with E-state index in [9.17, 15) is 13.2 Å². The number of rotatable bonds is 8. The number of amides is 1. The number of piperazine rings is 1. The summed E-state index contributed by atoms with van der Waals surface area (Å²) in [5.41, 5.74) is 1.64. The van der Waals surface area contributed by atoms with Crippen LogP contribution in [0.3, 0.4) is 0 Å². The molecule has 0 aromatic heterocycles. The highest BCUT2D eigenvalue weighted by molar-refractivity contribution is 7.89. The summed E-state index contributed by atoms with van der Waals surface area (Å²) in [6.45, 7) is 9.31. The maximum absolute atomic E-state index is 12.9. The molecule has 0 bridgehead atoms. The van der Waals surface area contributed by atoms with E-state index in [-0.39, 0.29) is 18.2 Å². The van der Waals surface area contributed by atoms with Gasteiger partial charge in [-0.05, 0) is 31.4 Å². The van der Waals surface area contributed by atoms with Gasteiger partial charge in [-0.3, -0.25) is 4.79 Å². The van der Waals surface area contributed by atoms with Crippen molar-refractivity contribution in [1.82, 2.24) is 14.5 Å². The fourth-order valence-corrected chi connectivity index (χ4v) is 4.41. The quantitative estimate of drug-likeness (QED) is 0.744. The third-order valence-corrected chi connectivity index (χ3v) is 6.47. The van der Waals surface area contributed by atoms with E-state index in [4.69, 9.17) is 0 Å². The maximum Gasteiger partial charge on any atom is 0.253 e. The molecule has 1 aromatic carbocycles. The minimum absolute atomic E-state index is 0.0251. The number of hydrogen-bond acceptors (Lipinski definition) is 4. The highest BCUT2D eigenvalue weighted by Gasteiger charge is 2.26. The average molecular weight is 382 g/mol. The van der Waals surface area contributed by atoms with Crippen LogP contribution in [-0.2, 0) is 10.0 Å². The largest absolute Gasteiger partial charge is 0.338 e. The molecule has 0 unspecified atom stereocenters. The predicted molar refractivity (Wildman–Crippen MR) is 105 cm³/mol. The van der Waals surface area contributed by atoms with Gasteiger partial charge in [0.25, 0.3) is 5.91 Å². The predicted octanol–water partition coefficient (Wildman–Crippen LogP) is 1.72. The lowest BCUT2D eigenvalue weighted by Crippen LogP contribution is -2.48. The Balaban J connectivity index is 2.07. The first-order valence-corrected chi connectivity index (χ1v) is 10.9. The Morgan fingerprint density at radius 1 is 1.23 bits per heavy atom. The van der Waals surface area contributed by atoms with Crippen molar-refractivity contribution in [1.29, 1.82) is 0 Å². The molecule has 0 aliphatic carbocycles. The molecule has 0 spiro atoms. The van der Waals surface area contributed by atoms with Gasteiger partial charge in [-0.15, -0.1) is 0 Å². The van der Waals surface area contributed by atoms with E-state index in [1.165, 1.54) is 4.31 Å². The van der Waals surface area contributed by atoms with Gasteiger partial charge < -0.3 is 10.2 Å². The zero-order chi connectivity index (χ0) is 19.2. The molecule has 7 heteroatoms. The molecule has 0 radical (unpaired) electrons. The number of carbonyl (C=O) groups is 1. The van der Waals surface area contributed by atoms with Crippen LogP contribution in [0.4, 0.5) is 0 Å². The van der Waals surface area contributed by atoms with Crippen molar-refractivity contribution in [3.8, 4) is 0 Å². The SMILES string of the molecule is Cc1cccc(C(=O)N(CCC(C)C)CCS(=O)(=O)N2CCNCC2)c1. The molecular weight excluding hydrogens is 350 g/mol. The van der Waals surface area contributed by atoms with E-state index < -0.39 is 10.0 Å². The molecule has 26 heavy (non-hydrogen) atoms. The highest BCUT2D eigenvalue weighted by atomic mass is 32.2. The van der Waals surface area contributed by atoms with Crippen molar-refractivity contribution in [2.24, 2.45) is 5.92 Å². The Kier molecular flexibility index (Phi) is 7.61. The molecule has 1 saturated heterocycles. The third-order valence-electron chi connectivity index (χ3n) is 4.62. The maximum atomic E-state index is 12.9. The number of nitrogens with one attached hydrogen (secondary N) is 1. The zero-order valence-electron chi connectivity index (χ0n) is 16.1. The lowest BCUT2D eigenvalue weighted by Gasteiger charge is -2.29. The van der Waals surface area contributed by atoms with Gasteiger partial charge in [0.15, 0.2) is 0 Å². The Labute approximate surface area is 157 Å². The number of sulfonamides is 1. The molecule has 1 N–H and O–H groups in total. The standard InChI is InChI=1S/C19H31N3O3S/c1-16(2)7-10-21(19(23)18-6-4-5-17(3)15-18)13-14-26(24,25)22-11-8-20-9-12-22/h4-6,15-16,20H,7-14H2,1-3H3. The first-order valence-electron chi connectivity index (χ1n) is 9.34. The molecule has 0 saturated carbocycles. The molecule has 146 valence electrons. The van der Waals surface area contributed by atoms with Gasteiger partial charge >= 0.3 is 0 Å². The molecule has 1 fully saturated rings. The van der Waals surface area contributed by atoms with Crippen molar-refractivity contribution in [3.63, 3.8) is 0 Å². The monoisotopic (exact) mass is 381 g/mol. The summed E-state index contributed by atoms with van der Waals surface area (Å²) in [5.74, 6) is 0.334. The van der Waals surface area contributed by atoms with E-state index in [0.717, 1.165) is 12.0 Å². The molecule has 6 nitrogen and oxygen atoms in total. The van der Waals surface area contributed by atoms with E-state index in [2.05, 4.69) is 19.2 Å². The molecule has 1 aliphatic rings. The normalized spacial score (nSPS) is 16.0. The molecule has 1 aromatic rings. The lowest BCUT2D eigenvalue weighted by atomic mass is 10.1. The minimum Gasteiger partial charge on any atom is -0.338 e. The Hall–Kier alpha value is -1.44. The number of benzene rings is 1. The van der Waals surface area contributed by atoms with Gasteiger partial charge in [-0.1, -0.05) is 31.5 Å². The van der Waals surface area contributed by atoms with Crippen LogP contribution < -0.4 is 5.32 Å². The summed E-state index contributed by atoms with van der Waals surface area (Å²) in [6, 6.07) is 7.46. The lowest BCUT2D eigenvalue weighted by molar-refractivity contribution is 0.0758. The van der Waals surface area contributed by atoms with Crippen LogP contribution in [0, 0.1) is 12.8 Å². The second-order valence-corrected chi connectivity index (χ2v) is 9.40. The van der Waals surface area contributed by atoms with Crippen molar-refractivity contribution >= 4 is 15.9 Å². The van der Waals surface area contributed by atoms with Gasteiger partial charge in [-0.2, -0.15) is 4.31 Å². The van der Waals surface area contributed by atoms with E-state index >= 15 is 0 Å². The van der Waals surface area contributed by atoms with Crippen molar-refractivity contribution in [3.05, 3.63) is 35.4 Å². The second-order valence-electron chi connectivity index (χ2n) is 7.31. The fraction of sp³-hybridized carbons (Fsp3) is 0.632. The first-order chi connectivity index (χ1) is 12.3. The van der Waals surface area contributed by atoms with Crippen LogP contribution in [0.1, 0.15) is 36.2 Å². The average Bonchev–Trinajstić information content (AvgIpc) is 2.62. The summed E-state index contributed by atoms with van der Waals surface area (Å²) < 4.78 is 26.7. The summed E-state index contributed by atoms with van der Waals surface area (Å²) >= 11 is 0.